The average Bonchev–Trinajstić information content (AvgIpc) is 3.17. The van der Waals surface area contributed by atoms with Crippen LogP contribution in [0, 0.1) is 0 Å². The summed E-state index contributed by atoms with van der Waals surface area (Å²) in [5.74, 6) is 0.463. The Labute approximate surface area is 173 Å². The smallest absolute Gasteiger partial charge is 0.229 e. The molecule has 2 aromatic rings. The third kappa shape index (κ3) is 5.57. The van der Waals surface area contributed by atoms with Crippen molar-refractivity contribution in [3.8, 4) is 0 Å². The molecule has 7 nitrogen and oxygen atoms in total. The molecule has 2 fully saturated rings. The zero-order valence-electron chi connectivity index (χ0n) is 17.1. The molecule has 1 N–H and O–H groups in total. The zero-order chi connectivity index (χ0) is 20.3. The van der Waals surface area contributed by atoms with Crippen LogP contribution in [0.3, 0.4) is 0 Å². The van der Waals surface area contributed by atoms with Gasteiger partial charge in [0.25, 0.3) is 0 Å². The highest BCUT2D eigenvalue weighted by atomic mass is 32.2. The highest BCUT2D eigenvalue weighted by molar-refractivity contribution is 7.92. The third-order valence-electron chi connectivity index (χ3n) is 6.14. The Hall–Kier alpha value is -1.93. The minimum absolute atomic E-state index is 0.463. The highest BCUT2D eigenvalue weighted by Crippen LogP contribution is 2.31. The van der Waals surface area contributed by atoms with E-state index in [0.29, 0.717) is 17.6 Å². The second-order valence-corrected chi connectivity index (χ2v) is 10.3. The van der Waals surface area contributed by atoms with Crippen molar-refractivity contribution < 1.29 is 8.42 Å². The van der Waals surface area contributed by atoms with Gasteiger partial charge in [-0.1, -0.05) is 36.6 Å². The second kappa shape index (κ2) is 8.83. The molecule has 1 saturated heterocycles. The van der Waals surface area contributed by atoms with E-state index >= 15 is 0 Å². The molecule has 0 radical (unpaired) electrons. The quantitative estimate of drug-likeness (QED) is 0.778. The fourth-order valence-electron chi connectivity index (χ4n) is 4.63. The number of rotatable bonds is 6. The van der Waals surface area contributed by atoms with E-state index in [1.165, 1.54) is 43.9 Å². The Bertz CT molecular complexity index is 913. The molecule has 2 heterocycles. The minimum Gasteiger partial charge on any atom is -0.297 e. The van der Waals surface area contributed by atoms with Gasteiger partial charge >= 0.3 is 0 Å². The van der Waals surface area contributed by atoms with Crippen LogP contribution in [-0.4, -0.2) is 47.7 Å². The molecule has 8 heteroatoms. The van der Waals surface area contributed by atoms with Crippen molar-refractivity contribution in [1.82, 2.24) is 19.9 Å². The van der Waals surface area contributed by atoms with Gasteiger partial charge in [0.05, 0.1) is 24.2 Å². The van der Waals surface area contributed by atoms with E-state index in [4.69, 9.17) is 0 Å². The van der Waals surface area contributed by atoms with Gasteiger partial charge in [0.2, 0.25) is 10.0 Å². The van der Waals surface area contributed by atoms with Gasteiger partial charge in [-0.05, 0) is 62.4 Å². The van der Waals surface area contributed by atoms with Crippen LogP contribution >= 0.6 is 0 Å². The number of nitrogens with zero attached hydrogens (tertiary/aromatic N) is 4. The molecular weight excluding hydrogens is 386 g/mol. The number of benzene rings is 1. The van der Waals surface area contributed by atoms with Gasteiger partial charge in [0.1, 0.15) is 0 Å². The summed E-state index contributed by atoms with van der Waals surface area (Å²) in [7, 11) is -3.25. The number of piperidine rings is 1. The van der Waals surface area contributed by atoms with Crippen molar-refractivity contribution in [2.75, 3.05) is 24.1 Å². The van der Waals surface area contributed by atoms with Crippen LogP contribution in [-0.2, 0) is 16.6 Å². The Morgan fingerprint density at radius 3 is 2.59 bits per heavy atom. The van der Waals surface area contributed by atoms with Crippen LogP contribution in [0.2, 0.25) is 0 Å². The van der Waals surface area contributed by atoms with Crippen LogP contribution in [0.15, 0.2) is 30.5 Å². The molecule has 0 amide bonds. The van der Waals surface area contributed by atoms with Crippen LogP contribution < -0.4 is 4.72 Å². The van der Waals surface area contributed by atoms with Gasteiger partial charge in [0, 0.05) is 12.2 Å². The van der Waals surface area contributed by atoms with E-state index in [9.17, 15) is 8.42 Å². The maximum absolute atomic E-state index is 11.5. The Morgan fingerprint density at radius 2 is 1.86 bits per heavy atom. The summed E-state index contributed by atoms with van der Waals surface area (Å²) in [4.78, 5) is 2.45. The monoisotopic (exact) mass is 417 g/mol. The van der Waals surface area contributed by atoms with Gasteiger partial charge < -0.3 is 0 Å². The lowest BCUT2D eigenvalue weighted by Crippen LogP contribution is -2.32. The van der Waals surface area contributed by atoms with Crippen molar-refractivity contribution in [1.29, 1.82) is 0 Å². The van der Waals surface area contributed by atoms with Crippen molar-refractivity contribution in [2.24, 2.45) is 0 Å². The van der Waals surface area contributed by atoms with Gasteiger partial charge in [-0.15, -0.1) is 5.10 Å². The van der Waals surface area contributed by atoms with Gasteiger partial charge in [0.15, 0.2) is 0 Å². The molecule has 4 rings (SSSR count). The van der Waals surface area contributed by atoms with E-state index in [-0.39, 0.29) is 0 Å². The first-order valence-corrected chi connectivity index (χ1v) is 12.6. The first-order valence-electron chi connectivity index (χ1n) is 10.7. The molecule has 158 valence electrons. The lowest BCUT2D eigenvalue weighted by Gasteiger charge is -2.31. The molecule has 1 aromatic carbocycles. The fourth-order valence-corrected chi connectivity index (χ4v) is 5.19. The molecule has 1 aromatic heterocycles. The number of likely N-dealkylation sites (tertiary alicyclic amines) is 1. The van der Waals surface area contributed by atoms with E-state index < -0.39 is 10.0 Å². The van der Waals surface area contributed by atoms with E-state index in [0.717, 1.165) is 38.2 Å². The first kappa shape index (κ1) is 20.3. The molecule has 1 aliphatic heterocycles. The minimum atomic E-state index is -3.25. The fraction of sp³-hybridized carbons (Fsp3) is 0.619. The van der Waals surface area contributed by atoms with Crippen molar-refractivity contribution in [2.45, 2.75) is 63.5 Å². The van der Waals surface area contributed by atoms with E-state index in [1.807, 2.05) is 12.1 Å². The summed E-state index contributed by atoms with van der Waals surface area (Å²) in [5.41, 5.74) is 2.92. The second-order valence-electron chi connectivity index (χ2n) is 8.53. The zero-order valence-corrected chi connectivity index (χ0v) is 17.9. The molecule has 0 atom stereocenters. The number of nitrogens with one attached hydrogen (secondary N) is 1. The summed E-state index contributed by atoms with van der Waals surface area (Å²) < 4.78 is 27.6. The first-order chi connectivity index (χ1) is 14.0. The van der Waals surface area contributed by atoms with Crippen molar-refractivity contribution >= 4 is 15.7 Å². The van der Waals surface area contributed by atoms with Gasteiger partial charge in [-0.2, -0.15) is 0 Å². The third-order valence-corrected chi connectivity index (χ3v) is 6.75. The molecule has 0 bridgehead atoms. The summed E-state index contributed by atoms with van der Waals surface area (Å²) >= 11 is 0. The SMILES string of the molecule is CS(=O)(=O)Nc1cccc(C2CCN(Cc3cn(C4CCCCC4)nn3)CC2)c1. The lowest BCUT2D eigenvalue weighted by molar-refractivity contribution is 0.202. The standard InChI is InChI=1S/C21H31N5O2S/c1-29(27,28)23-19-7-5-6-18(14-19)17-10-12-25(13-11-17)15-20-16-26(24-22-20)21-8-3-2-4-9-21/h5-7,14,16-17,21,23H,2-4,8-13,15H2,1H3. The Kier molecular flexibility index (Phi) is 6.20. The maximum Gasteiger partial charge on any atom is 0.229 e. The molecule has 1 saturated carbocycles. The summed E-state index contributed by atoms with van der Waals surface area (Å²) in [6.45, 7) is 2.89. The molecular formula is C21H31N5O2S. The van der Waals surface area contributed by atoms with Crippen molar-refractivity contribution in [3.63, 3.8) is 0 Å². The van der Waals surface area contributed by atoms with Crippen LogP contribution in [0.25, 0.3) is 0 Å². The number of anilines is 1. The summed E-state index contributed by atoms with van der Waals surface area (Å²) in [5, 5.41) is 8.81. The van der Waals surface area contributed by atoms with Crippen LogP contribution in [0.5, 0.6) is 0 Å². The number of aromatic nitrogens is 3. The normalized spacial score (nSPS) is 20.0. The van der Waals surface area contributed by atoms with Crippen LogP contribution in [0.1, 0.15) is 68.2 Å². The number of sulfonamides is 1. The molecule has 1 aliphatic carbocycles. The summed E-state index contributed by atoms with van der Waals surface area (Å²) in [6.07, 6.45) is 11.9. The number of hydrogen-bond acceptors (Lipinski definition) is 5. The Balaban J connectivity index is 1.31. The molecule has 0 unspecified atom stereocenters. The molecule has 0 spiro atoms. The lowest BCUT2D eigenvalue weighted by atomic mass is 9.89. The van der Waals surface area contributed by atoms with Gasteiger partial charge in [-0.3, -0.25) is 9.62 Å². The maximum atomic E-state index is 11.5. The predicted molar refractivity (Wildman–Crippen MR) is 114 cm³/mol. The Morgan fingerprint density at radius 1 is 1.10 bits per heavy atom. The van der Waals surface area contributed by atoms with E-state index in [2.05, 4.69) is 36.9 Å². The topological polar surface area (TPSA) is 80.1 Å². The predicted octanol–water partition coefficient (Wildman–Crippen LogP) is 3.53. The van der Waals surface area contributed by atoms with Crippen LogP contribution in [0.4, 0.5) is 5.69 Å². The largest absolute Gasteiger partial charge is 0.297 e. The summed E-state index contributed by atoms with van der Waals surface area (Å²) in [6, 6.07) is 8.33. The highest BCUT2D eigenvalue weighted by Gasteiger charge is 2.22. The van der Waals surface area contributed by atoms with Crippen molar-refractivity contribution in [3.05, 3.63) is 41.7 Å². The van der Waals surface area contributed by atoms with E-state index in [1.54, 1.807) is 6.07 Å². The number of hydrogen-bond donors (Lipinski definition) is 1. The average molecular weight is 418 g/mol. The van der Waals surface area contributed by atoms with Gasteiger partial charge in [-0.25, -0.2) is 13.1 Å². The molecule has 2 aliphatic rings. The molecule has 29 heavy (non-hydrogen) atoms.